The van der Waals surface area contributed by atoms with Crippen LogP contribution in [-0.2, 0) is 11.2 Å². The van der Waals surface area contributed by atoms with Gasteiger partial charge >= 0.3 is 5.97 Å². The molecule has 0 bridgehead atoms. The second-order valence-corrected chi connectivity index (χ2v) is 7.05. The van der Waals surface area contributed by atoms with E-state index in [1.54, 1.807) is 0 Å². The van der Waals surface area contributed by atoms with E-state index in [2.05, 4.69) is 26.2 Å². The number of benzene rings is 2. The van der Waals surface area contributed by atoms with E-state index in [4.69, 9.17) is 0 Å². The Morgan fingerprint density at radius 1 is 1.21 bits per heavy atom. The van der Waals surface area contributed by atoms with Gasteiger partial charge in [0.2, 0.25) is 0 Å². The zero-order valence-corrected chi connectivity index (χ0v) is 15.0. The number of nitrogens with zero attached hydrogens (tertiary/aromatic N) is 1. The van der Waals surface area contributed by atoms with Crippen LogP contribution in [0.15, 0.2) is 64.5 Å². The Morgan fingerprint density at radius 2 is 2.00 bits per heavy atom. The summed E-state index contributed by atoms with van der Waals surface area (Å²) in [5.41, 5.74) is 2.81. The molecular formula is C18H15BrN2O2S. The number of carboxylic acids is 1. The number of carbonyl (C=O) groups is 1. The molecule has 0 fully saturated rings. The fourth-order valence-corrected chi connectivity index (χ4v) is 3.55. The monoisotopic (exact) mass is 402 g/mol. The Morgan fingerprint density at radius 3 is 2.71 bits per heavy atom. The maximum atomic E-state index is 11.6. The lowest BCUT2D eigenvalue weighted by Crippen LogP contribution is -2.31. The fourth-order valence-electron chi connectivity index (χ4n) is 2.33. The molecule has 1 heterocycles. The predicted octanol–water partition coefficient (Wildman–Crippen LogP) is 4.68. The largest absolute Gasteiger partial charge is 0.480 e. The second-order valence-electron chi connectivity index (χ2n) is 5.27. The van der Waals surface area contributed by atoms with Gasteiger partial charge in [0.05, 0.1) is 5.69 Å². The third-order valence-electron chi connectivity index (χ3n) is 3.50. The van der Waals surface area contributed by atoms with Crippen LogP contribution in [0.4, 0.5) is 5.13 Å². The van der Waals surface area contributed by atoms with Crippen LogP contribution in [0, 0.1) is 0 Å². The van der Waals surface area contributed by atoms with Crippen molar-refractivity contribution in [3.8, 4) is 11.3 Å². The first-order valence-electron chi connectivity index (χ1n) is 7.36. The molecule has 1 aromatic heterocycles. The zero-order chi connectivity index (χ0) is 16.9. The third-order valence-corrected chi connectivity index (χ3v) is 4.77. The Labute approximate surface area is 152 Å². The van der Waals surface area contributed by atoms with Crippen molar-refractivity contribution in [1.29, 1.82) is 0 Å². The zero-order valence-electron chi connectivity index (χ0n) is 12.6. The van der Waals surface area contributed by atoms with Gasteiger partial charge in [-0.1, -0.05) is 58.4 Å². The van der Waals surface area contributed by atoms with Gasteiger partial charge in [0.1, 0.15) is 6.04 Å². The summed E-state index contributed by atoms with van der Waals surface area (Å²) in [5.74, 6) is -0.897. The normalized spacial score (nSPS) is 11.9. The topological polar surface area (TPSA) is 62.2 Å². The molecule has 0 saturated carbocycles. The standard InChI is InChI=1S/C18H15BrN2O2S/c19-14-8-4-5-12(9-14)10-15(17(22)23)20-18-21-16(11-24-18)13-6-2-1-3-7-13/h1-9,11,15H,10H2,(H,20,21)(H,22,23). The summed E-state index contributed by atoms with van der Waals surface area (Å²) in [6.07, 6.45) is 0.384. The van der Waals surface area contributed by atoms with E-state index in [-0.39, 0.29) is 0 Å². The van der Waals surface area contributed by atoms with E-state index in [0.29, 0.717) is 11.6 Å². The van der Waals surface area contributed by atoms with Crippen molar-refractivity contribution in [2.75, 3.05) is 5.32 Å². The van der Waals surface area contributed by atoms with Crippen molar-refractivity contribution in [1.82, 2.24) is 4.98 Å². The summed E-state index contributed by atoms with van der Waals surface area (Å²) in [5, 5.41) is 15.1. The van der Waals surface area contributed by atoms with Gasteiger partial charge in [-0.05, 0) is 17.7 Å². The molecule has 0 radical (unpaired) electrons. The van der Waals surface area contributed by atoms with Crippen LogP contribution in [0.25, 0.3) is 11.3 Å². The number of thiazole rings is 1. The lowest BCUT2D eigenvalue weighted by Gasteiger charge is -2.13. The first-order valence-corrected chi connectivity index (χ1v) is 9.04. The number of anilines is 1. The maximum Gasteiger partial charge on any atom is 0.326 e. The molecule has 3 rings (SSSR count). The van der Waals surface area contributed by atoms with Crippen LogP contribution in [-0.4, -0.2) is 22.1 Å². The smallest absolute Gasteiger partial charge is 0.326 e. The van der Waals surface area contributed by atoms with Crippen LogP contribution < -0.4 is 5.32 Å². The number of rotatable bonds is 6. The van der Waals surface area contributed by atoms with E-state index in [1.165, 1.54) is 11.3 Å². The minimum atomic E-state index is -0.897. The van der Waals surface area contributed by atoms with Gasteiger partial charge in [-0.3, -0.25) is 0 Å². The molecule has 1 unspecified atom stereocenters. The highest BCUT2D eigenvalue weighted by Gasteiger charge is 2.19. The Hall–Kier alpha value is -2.18. The number of aliphatic carboxylic acids is 1. The molecule has 122 valence electrons. The minimum Gasteiger partial charge on any atom is -0.480 e. The fraction of sp³-hybridized carbons (Fsp3) is 0.111. The summed E-state index contributed by atoms with van der Waals surface area (Å²) in [6.45, 7) is 0. The Bertz CT molecular complexity index is 836. The van der Waals surface area contributed by atoms with Crippen molar-refractivity contribution in [3.63, 3.8) is 0 Å². The molecule has 1 atom stereocenters. The number of carboxylic acid groups (broad SMARTS) is 1. The Balaban J connectivity index is 1.74. The van der Waals surface area contributed by atoms with E-state index >= 15 is 0 Å². The van der Waals surface area contributed by atoms with Crippen LogP contribution in [0.5, 0.6) is 0 Å². The molecule has 2 aromatic carbocycles. The molecule has 0 aliphatic rings. The van der Waals surface area contributed by atoms with E-state index < -0.39 is 12.0 Å². The highest BCUT2D eigenvalue weighted by molar-refractivity contribution is 9.10. The summed E-state index contributed by atoms with van der Waals surface area (Å²) in [4.78, 5) is 16.1. The van der Waals surface area contributed by atoms with Gasteiger partial charge in [-0.15, -0.1) is 11.3 Å². The van der Waals surface area contributed by atoms with Gasteiger partial charge < -0.3 is 10.4 Å². The molecule has 3 aromatic rings. The van der Waals surface area contributed by atoms with E-state index in [9.17, 15) is 9.90 Å². The molecule has 2 N–H and O–H groups in total. The summed E-state index contributed by atoms with van der Waals surface area (Å²) in [6, 6.07) is 16.7. The number of nitrogens with one attached hydrogen (secondary N) is 1. The lowest BCUT2D eigenvalue weighted by molar-refractivity contribution is -0.137. The first kappa shape index (κ1) is 16.7. The highest BCUT2D eigenvalue weighted by atomic mass is 79.9. The second kappa shape index (κ2) is 7.59. The van der Waals surface area contributed by atoms with Crippen LogP contribution in [0.3, 0.4) is 0 Å². The van der Waals surface area contributed by atoms with E-state index in [0.717, 1.165) is 21.3 Å². The number of hydrogen-bond acceptors (Lipinski definition) is 4. The summed E-state index contributed by atoms with van der Waals surface area (Å²) >= 11 is 4.82. The molecule has 0 aliphatic heterocycles. The average molecular weight is 403 g/mol. The van der Waals surface area contributed by atoms with Gasteiger partial charge in [-0.25, -0.2) is 9.78 Å². The lowest BCUT2D eigenvalue weighted by atomic mass is 10.1. The van der Waals surface area contributed by atoms with Crippen LogP contribution in [0.1, 0.15) is 5.56 Å². The SMILES string of the molecule is O=C(O)C(Cc1cccc(Br)c1)Nc1nc(-c2ccccc2)cs1. The van der Waals surface area contributed by atoms with E-state index in [1.807, 2.05) is 60.0 Å². The number of hydrogen-bond donors (Lipinski definition) is 2. The summed E-state index contributed by atoms with van der Waals surface area (Å²) in [7, 11) is 0. The molecule has 0 amide bonds. The third kappa shape index (κ3) is 4.21. The van der Waals surface area contributed by atoms with Crippen molar-refractivity contribution < 1.29 is 9.90 Å². The van der Waals surface area contributed by atoms with Gasteiger partial charge in [0, 0.05) is 21.8 Å². The molecule has 4 nitrogen and oxygen atoms in total. The Kier molecular flexibility index (Phi) is 5.27. The molecular weight excluding hydrogens is 388 g/mol. The average Bonchev–Trinajstić information content (AvgIpc) is 3.04. The van der Waals surface area contributed by atoms with Gasteiger partial charge in [0.15, 0.2) is 5.13 Å². The molecule has 0 spiro atoms. The number of halogens is 1. The van der Waals surface area contributed by atoms with Gasteiger partial charge in [0.25, 0.3) is 0 Å². The molecule has 0 saturated heterocycles. The minimum absolute atomic E-state index is 0.384. The quantitative estimate of drug-likeness (QED) is 0.628. The molecule has 0 aliphatic carbocycles. The predicted molar refractivity (Wildman–Crippen MR) is 100 cm³/mol. The summed E-state index contributed by atoms with van der Waals surface area (Å²) < 4.78 is 0.935. The van der Waals surface area contributed by atoms with Crippen molar-refractivity contribution in [3.05, 3.63) is 70.0 Å². The first-order chi connectivity index (χ1) is 11.6. The van der Waals surface area contributed by atoms with Crippen molar-refractivity contribution in [2.24, 2.45) is 0 Å². The maximum absolute atomic E-state index is 11.6. The van der Waals surface area contributed by atoms with Gasteiger partial charge in [-0.2, -0.15) is 0 Å². The van der Waals surface area contributed by atoms with Crippen LogP contribution >= 0.6 is 27.3 Å². The van der Waals surface area contributed by atoms with Crippen LogP contribution in [0.2, 0.25) is 0 Å². The molecule has 6 heteroatoms. The van der Waals surface area contributed by atoms with Crippen molar-refractivity contribution in [2.45, 2.75) is 12.5 Å². The highest BCUT2D eigenvalue weighted by Crippen LogP contribution is 2.25. The number of aromatic nitrogens is 1. The van der Waals surface area contributed by atoms with Crippen molar-refractivity contribution >= 4 is 38.4 Å². The molecule has 24 heavy (non-hydrogen) atoms.